The Kier molecular flexibility index (Phi) is 28.4. The lowest BCUT2D eigenvalue weighted by Gasteiger charge is -2.37. The highest BCUT2D eigenvalue weighted by Crippen LogP contribution is 2.47. The first-order valence-electron chi connectivity index (χ1n) is 48.8. The van der Waals surface area contributed by atoms with Gasteiger partial charge in [-0.2, -0.15) is 8.61 Å². The molecule has 0 aliphatic carbocycles. The summed E-state index contributed by atoms with van der Waals surface area (Å²) in [5, 5.41) is 28.5. The van der Waals surface area contributed by atoms with E-state index in [2.05, 4.69) is 101 Å². The van der Waals surface area contributed by atoms with Gasteiger partial charge < -0.3 is 52.7 Å². The van der Waals surface area contributed by atoms with Crippen LogP contribution >= 0.6 is 45.3 Å². The highest BCUT2D eigenvalue weighted by molar-refractivity contribution is 7.88. The fourth-order valence-corrected chi connectivity index (χ4v) is 28.1. The Labute approximate surface area is 816 Å². The third-order valence-electron chi connectivity index (χ3n) is 29.9. The Balaban J connectivity index is 0.000000113. The van der Waals surface area contributed by atoms with Crippen molar-refractivity contribution in [2.45, 2.75) is 210 Å². The second-order valence-electron chi connectivity index (χ2n) is 39.3. The first-order valence-corrected chi connectivity index (χ1v) is 56.1. The number of rotatable bonds is 21. The number of thiophene rings is 4. The van der Waals surface area contributed by atoms with E-state index in [-0.39, 0.29) is 24.5 Å². The zero-order valence-electron chi connectivity index (χ0n) is 78.7. The molecule has 23 heterocycles. The summed E-state index contributed by atoms with van der Waals surface area (Å²) in [5.74, 6) is 4.93. The van der Waals surface area contributed by atoms with Gasteiger partial charge in [0, 0.05) is 248 Å². The number of aliphatic hydroxyl groups is 2. The molecule has 11 aliphatic heterocycles. The Morgan fingerprint density at radius 1 is 0.350 bits per heavy atom. The van der Waals surface area contributed by atoms with Crippen molar-refractivity contribution >= 4 is 154 Å². The van der Waals surface area contributed by atoms with E-state index in [9.17, 15) is 27.0 Å². The topological polar surface area (TPSA) is 442 Å². The van der Waals surface area contributed by atoms with Gasteiger partial charge >= 0.3 is 0 Å². The molecule has 23 rings (SSSR count). The minimum absolute atomic E-state index is 0.227. The summed E-state index contributed by atoms with van der Waals surface area (Å²) in [6, 6.07) is 7.05. The number of hydrogen-bond donors (Lipinski definition) is 6. The molecule has 137 heavy (non-hydrogen) atoms. The number of hydrogen-bond acceptors (Lipinski definition) is 38. The average molecular weight is 1980 g/mol. The van der Waals surface area contributed by atoms with E-state index in [1.165, 1.54) is 132 Å². The Hall–Kier alpha value is -9.51. The van der Waals surface area contributed by atoms with Crippen LogP contribution in [0.4, 0.5) is 47.5 Å². The lowest BCUT2D eigenvalue weighted by Crippen LogP contribution is -2.47. The normalized spacial score (nSPS) is 22.6. The minimum atomic E-state index is -3.14. The lowest BCUT2D eigenvalue weighted by molar-refractivity contribution is -0.0135. The number of aliphatic hydroxyl groups excluding tert-OH is 1. The van der Waals surface area contributed by atoms with E-state index < -0.39 is 25.6 Å². The van der Waals surface area contributed by atoms with Gasteiger partial charge in [0.05, 0.1) is 88.4 Å². The molecule has 42 heteroatoms. The molecule has 12 aromatic heterocycles. The molecule has 0 aromatic carbocycles. The predicted molar refractivity (Wildman–Crippen MR) is 546 cm³/mol. The van der Waals surface area contributed by atoms with Gasteiger partial charge in [-0.05, 0) is 195 Å². The number of likely N-dealkylation sites (tertiary alicyclic amines) is 1. The van der Waals surface area contributed by atoms with Crippen LogP contribution in [0, 0.1) is 5.92 Å². The maximum Gasteiger partial charge on any atom is 0.227 e. The number of sulfonamides is 2. The largest absolute Gasteiger partial charge is 0.395 e. The number of pyridine rings is 1. The van der Waals surface area contributed by atoms with Gasteiger partial charge in [0.15, 0.2) is 0 Å². The van der Waals surface area contributed by atoms with E-state index >= 15 is 0 Å². The van der Waals surface area contributed by atoms with Gasteiger partial charge in [-0.15, -0.1) is 45.3 Å². The molecule has 6 bridgehead atoms. The molecule has 11 saturated heterocycles. The average Bonchev–Trinajstić information content (AvgIpc) is 1.62. The monoisotopic (exact) mass is 1970 g/mol. The van der Waals surface area contributed by atoms with Crippen molar-refractivity contribution in [3.05, 3.63) is 99.3 Å². The quantitative estimate of drug-likeness (QED) is 0.0389. The molecule has 36 nitrogen and oxygen atoms in total. The molecule has 728 valence electrons. The van der Waals surface area contributed by atoms with Gasteiger partial charge in [0.2, 0.25) is 61.7 Å². The van der Waals surface area contributed by atoms with Gasteiger partial charge in [-0.1, -0.05) is 0 Å². The number of fused-ring (bicyclic) bond motifs is 10. The number of piperazine rings is 3. The number of nitrogens with zero attached hydrogens (tertiary/aromatic N) is 26. The summed E-state index contributed by atoms with van der Waals surface area (Å²) in [7, 11) is -6.28. The highest BCUT2D eigenvalue weighted by Gasteiger charge is 2.43. The molecular formula is C95H126N30O6S6. The Bertz CT molecular complexity index is 6410. The van der Waals surface area contributed by atoms with E-state index in [1.807, 2.05) is 26.0 Å². The molecule has 0 radical (unpaired) electrons. The molecule has 0 saturated carbocycles. The van der Waals surface area contributed by atoms with Crippen LogP contribution in [0.5, 0.6) is 0 Å². The minimum Gasteiger partial charge on any atom is -0.395 e. The standard InChI is InChI=1S/C26H35N7OS.C24H32N8OS.C24H31N7O2S2.C21H28N8O2S2/c1-26(2,34)18-8-10-32(11-9-18)14-17-15-35-23-21(16-12-28-24(27)29-13-16)30-25(31-22(17)23)33-19-4-3-5-20(33)7-6-19;25-23-26-12-16(13-27-23)20-22-21(29-24(28-20)32-18-2-1-3-19(32)5-4-18)17(15-34-22)14-31-8-6-30(7-9-31)10-11-33;1-35(32,33)30-11-9-29(10-12-30)14-17-15-34-23-21(16-5-8-20(25)26-13-16)27-24(28-22(17)23)31-18-3-2-4-19(31)7-6-18;1-33(30,31)29-9-7-27(8-10-29)13-16-14-32-19-17(15-11-23-20(22)24-12-15)25-21(26-18(16)19)28-5-3-2-4-6-28/h12-13,15,18-20,34H,3-11,14H2,1-2H3,(H2,27,28,29);12-13,15,18-19,33H,1-11,14H2,(H2,25,26,27);5,8,13,15,18-19H,2-4,6-7,9-12,14H2,1H3,(H2,25,26);11-12,14H,2-10,13H2,1H3,(H2,22,23,24). The molecule has 0 amide bonds. The second kappa shape index (κ2) is 41.0. The summed E-state index contributed by atoms with van der Waals surface area (Å²) in [6.07, 6.45) is 39.1. The fraction of sp³-hybridized carbons (Fsp3) is 0.568. The van der Waals surface area contributed by atoms with Crippen LogP contribution in [-0.2, 0) is 46.2 Å². The summed E-state index contributed by atoms with van der Waals surface area (Å²) < 4.78 is 54.8. The number of nitrogens with two attached hydrogens (primary N) is 4. The van der Waals surface area contributed by atoms with Crippen LogP contribution in [0.15, 0.2) is 77.0 Å². The summed E-state index contributed by atoms with van der Waals surface area (Å²) in [4.78, 5) is 92.2. The maximum absolute atomic E-state index is 11.9. The van der Waals surface area contributed by atoms with E-state index in [0.29, 0.717) is 100 Å². The first-order chi connectivity index (χ1) is 66.3. The van der Waals surface area contributed by atoms with Crippen LogP contribution in [0.1, 0.15) is 165 Å². The number of anilines is 8. The number of nitrogen functional groups attached to an aromatic ring is 4. The van der Waals surface area contributed by atoms with Gasteiger partial charge in [-0.25, -0.2) is 91.6 Å². The van der Waals surface area contributed by atoms with Gasteiger partial charge in [0.1, 0.15) is 5.82 Å². The van der Waals surface area contributed by atoms with Crippen LogP contribution in [-0.4, -0.2) is 307 Å². The molecule has 6 atom stereocenters. The Morgan fingerprint density at radius 3 is 0.964 bits per heavy atom. The van der Waals surface area contributed by atoms with Crippen molar-refractivity contribution in [2.24, 2.45) is 5.92 Å². The van der Waals surface area contributed by atoms with E-state index in [4.69, 9.17) is 62.8 Å². The third kappa shape index (κ3) is 21.1. The maximum atomic E-state index is 11.9. The van der Waals surface area contributed by atoms with Gasteiger partial charge in [0.25, 0.3) is 0 Å². The molecule has 11 aliphatic rings. The predicted octanol–water partition coefficient (Wildman–Crippen LogP) is 11.3. The summed E-state index contributed by atoms with van der Waals surface area (Å²) >= 11 is 6.71. The summed E-state index contributed by atoms with van der Waals surface area (Å²) in [6.45, 7) is 20.9. The first kappa shape index (κ1) is 95.1. The molecule has 6 unspecified atom stereocenters. The van der Waals surface area contributed by atoms with Crippen LogP contribution in [0.2, 0.25) is 0 Å². The van der Waals surface area contributed by atoms with Gasteiger partial charge in [-0.3, -0.25) is 24.5 Å². The van der Waals surface area contributed by atoms with Crippen LogP contribution in [0.3, 0.4) is 0 Å². The third-order valence-corrected chi connectivity index (χ3v) is 36.6. The smallest absolute Gasteiger partial charge is 0.227 e. The van der Waals surface area contributed by atoms with E-state index in [0.717, 1.165) is 226 Å². The summed E-state index contributed by atoms with van der Waals surface area (Å²) in [5.41, 5.74) is 38.5. The van der Waals surface area contributed by atoms with Crippen molar-refractivity contribution in [3.63, 3.8) is 0 Å². The number of β-amino-alcohol motifs (C(OH)–C–C–N with tert-alkyl or cyclic N) is 1. The lowest BCUT2D eigenvalue weighted by atomic mass is 9.83. The molecular weight excluding hydrogens is 1850 g/mol. The van der Waals surface area contributed by atoms with Crippen molar-refractivity contribution in [3.8, 4) is 45.0 Å². The zero-order chi connectivity index (χ0) is 94.4. The van der Waals surface area contributed by atoms with E-state index in [1.54, 1.807) is 97.3 Å². The number of piperidine rings is 5. The zero-order valence-corrected chi connectivity index (χ0v) is 83.6. The SMILES string of the molecule is CC(C)(O)C1CCN(Cc2csc3c(-c4cnc(N)nc4)nc(N4C5CCCC4CC5)nc23)CC1.CS(=O)(=O)N1CCN(Cc2csc3c(-c4ccc(N)nc4)nc(N4C5CCCC4CC5)nc23)CC1.CS(=O)(=O)N1CCN(Cc2csc3c(-c4cnc(N)nc4)nc(N4CCCCC4)nc23)CC1.Nc1ncc(-c2nc(N3C4CCCC3CC4)nc3c(CN4CCN(CCO)CC4)csc23)cn1. The number of aromatic nitrogens is 15. The fourth-order valence-electron chi connectivity index (χ4n) is 22.4. The highest BCUT2D eigenvalue weighted by atomic mass is 32.2. The van der Waals surface area contributed by atoms with Crippen molar-refractivity contribution in [2.75, 3.05) is 173 Å². The molecule has 11 fully saturated rings. The molecule has 0 spiro atoms. The molecule has 12 aromatic rings. The Morgan fingerprint density at radius 2 is 0.650 bits per heavy atom. The van der Waals surface area contributed by atoms with Crippen molar-refractivity contribution in [1.29, 1.82) is 0 Å². The molecule has 10 N–H and O–H groups in total. The van der Waals surface area contributed by atoms with Crippen LogP contribution in [0.25, 0.3) is 85.9 Å². The van der Waals surface area contributed by atoms with Crippen LogP contribution < -0.4 is 42.5 Å². The second-order valence-corrected chi connectivity index (χ2v) is 46.8. The van der Waals surface area contributed by atoms with Crippen molar-refractivity contribution < 1.29 is 27.0 Å². The van der Waals surface area contributed by atoms with Crippen molar-refractivity contribution in [1.82, 2.24) is 108 Å².